The number of hydrogen-bond acceptors (Lipinski definition) is 6. The molecule has 1 aromatic rings. The van der Waals surface area contributed by atoms with Crippen LogP contribution >= 0.6 is 23.5 Å². The summed E-state index contributed by atoms with van der Waals surface area (Å²) in [6.07, 6.45) is 0.585. The van der Waals surface area contributed by atoms with Gasteiger partial charge in [0.2, 0.25) is 0 Å². The predicted molar refractivity (Wildman–Crippen MR) is 106 cm³/mol. The Morgan fingerprint density at radius 2 is 1.80 bits per heavy atom. The minimum absolute atomic E-state index is 0.0977. The smallest absolute Gasteiger partial charge is 0.111 e. The molecular formula is C19H30O4S2. The number of benzene rings is 1. The Morgan fingerprint density at radius 1 is 1.12 bits per heavy atom. The molecule has 1 heterocycles. The molecule has 0 amide bonds. The summed E-state index contributed by atoms with van der Waals surface area (Å²) in [5.74, 6) is 2.24. The molecule has 6 heteroatoms. The molecular weight excluding hydrogens is 356 g/mol. The van der Waals surface area contributed by atoms with Crippen molar-refractivity contribution >= 4 is 23.5 Å². The fourth-order valence-electron chi connectivity index (χ4n) is 3.08. The molecule has 4 nitrogen and oxygen atoms in total. The zero-order chi connectivity index (χ0) is 18.1. The monoisotopic (exact) mass is 386 g/mol. The summed E-state index contributed by atoms with van der Waals surface area (Å²) in [5, 5.41) is 10.6. The Hall–Kier alpha value is -0.240. The van der Waals surface area contributed by atoms with Crippen LogP contribution in [0.5, 0.6) is 0 Å². The highest BCUT2D eigenvalue weighted by molar-refractivity contribution is 8.18. The van der Waals surface area contributed by atoms with Crippen LogP contribution in [-0.4, -0.2) is 59.8 Å². The second-order valence-electron chi connectivity index (χ2n) is 6.32. The van der Waals surface area contributed by atoms with Gasteiger partial charge >= 0.3 is 0 Å². The third kappa shape index (κ3) is 6.15. The van der Waals surface area contributed by atoms with E-state index in [4.69, 9.17) is 14.2 Å². The molecule has 1 aromatic carbocycles. The number of thioether (sulfide) groups is 2. The van der Waals surface area contributed by atoms with Crippen molar-refractivity contribution in [1.29, 1.82) is 0 Å². The second-order valence-corrected chi connectivity index (χ2v) is 9.67. The second kappa shape index (κ2) is 10.8. The zero-order valence-electron chi connectivity index (χ0n) is 15.3. The van der Waals surface area contributed by atoms with Crippen molar-refractivity contribution in [3.8, 4) is 0 Å². The van der Waals surface area contributed by atoms with Gasteiger partial charge in [-0.2, -0.15) is 0 Å². The summed E-state index contributed by atoms with van der Waals surface area (Å²) in [7, 11) is 3.35. The first-order valence-electron chi connectivity index (χ1n) is 8.74. The standard InChI is InChI=1S/C19H30O4S2/c1-19(24-12-7-13-25-19)18(22-3)17(21-2)16(20)10-11-23-14-15-8-5-4-6-9-15/h4-6,8-9,16-18,20H,7,10-14H2,1-3H3/t16-,17-,18+/m1/s1. The molecule has 0 unspecified atom stereocenters. The maximum atomic E-state index is 10.6. The van der Waals surface area contributed by atoms with E-state index >= 15 is 0 Å². The van der Waals surface area contributed by atoms with Crippen molar-refractivity contribution in [2.45, 2.75) is 48.8 Å². The lowest BCUT2D eigenvalue weighted by Crippen LogP contribution is -2.51. The fourth-order valence-corrected chi connectivity index (χ4v) is 6.27. The lowest BCUT2D eigenvalue weighted by Gasteiger charge is -2.42. The largest absolute Gasteiger partial charge is 0.390 e. The predicted octanol–water partition coefficient (Wildman–Crippen LogP) is 3.57. The summed E-state index contributed by atoms with van der Waals surface area (Å²) in [5.41, 5.74) is 1.14. The summed E-state index contributed by atoms with van der Waals surface area (Å²) in [6, 6.07) is 10.1. The molecule has 1 fully saturated rings. The van der Waals surface area contributed by atoms with E-state index in [-0.39, 0.29) is 16.3 Å². The summed E-state index contributed by atoms with van der Waals surface area (Å²) >= 11 is 3.80. The van der Waals surface area contributed by atoms with Crippen molar-refractivity contribution in [2.24, 2.45) is 0 Å². The summed E-state index contributed by atoms with van der Waals surface area (Å²) in [4.78, 5) is 0. The number of rotatable bonds is 10. The molecule has 2 rings (SSSR count). The van der Waals surface area contributed by atoms with E-state index in [2.05, 4.69) is 6.92 Å². The van der Waals surface area contributed by atoms with Crippen LogP contribution in [0.4, 0.5) is 0 Å². The van der Waals surface area contributed by atoms with Crippen molar-refractivity contribution in [3.63, 3.8) is 0 Å². The highest BCUT2D eigenvalue weighted by atomic mass is 32.2. The van der Waals surface area contributed by atoms with Gasteiger partial charge in [0.15, 0.2) is 0 Å². The van der Waals surface area contributed by atoms with E-state index in [0.717, 1.165) is 17.1 Å². The first-order chi connectivity index (χ1) is 12.1. The Balaban J connectivity index is 1.84. The van der Waals surface area contributed by atoms with Crippen LogP contribution in [0.3, 0.4) is 0 Å². The molecule has 25 heavy (non-hydrogen) atoms. The Bertz CT molecular complexity index is 480. The number of ether oxygens (including phenoxy) is 3. The van der Waals surface area contributed by atoms with E-state index in [1.54, 1.807) is 14.2 Å². The van der Waals surface area contributed by atoms with E-state index < -0.39 is 6.10 Å². The SMILES string of the molecule is CO[C@H]([C@H](O)CCOCc1ccccc1)[C@H](OC)C1(C)SCCCS1. The van der Waals surface area contributed by atoms with Gasteiger partial charge in [-0.15, -0.1) is 23.5 Å². The third-order valence-corrected chi connectivity index (χ3v) is 7.76. The van der Waals surface area contributed by atoms with Gasteiger partial charge < -0.3 is 19.3 Å². The minimum atomic E-state index is -0.620. The van der Waals surface area contributed by atoms with Gasteiger partial charge in [0.1, 0.15) is 12.2 Å². The molecule has 0 spiro atoms. The van der Waals surface area contributed by atoms with Gasteiger partial charge in [0, 0.05) is 20.8 Å². The number of methoxy groups -OCH3 is 2. The van der Waals surface area contributed by atoms with E-state index in [0.29, 0.717) is 19.6 Å². The van der Waals surface area contributed by atoms with Crippen LogP contribution < -0.4 is 0 Å². The van der Waals surface area contributed by atoms with Crippen molar-refractivity contribution in [1.82, 2.24) is 0 Å². The maximum absolute atomic E-state index is 10.6. The molecule has 1 saturated heterocycles. The topological polar surface area (TPSA) is 47.9 Å². The van der Waals surface area contributed by atoms with Gasteiger partial charge in [0.25, 0.3) is 0 Å². The molecule has 1 aliphatic heterocycles. The quantitative estimate of drug-likeness (QED) is 0.621. The minimum Gasteiger partial charge on any atom is -0.390 e. The van der Waals surface area contributed by atoms with Crippen molar-refractivity contribution in [3.05, 3.63) is 35.9 Å². The molecule has 0 aromatic heterocycles. The first-order valence-corrected chi connectivity index (χ1v) is 10.7. The first kappa shape index (κ1) is 21.1. The average Bonchev–Trinajstić information content (AvgIpc) is 2.64. The van der Waals surface area contributed by atoms with Crippen molar-refractivity contribution < 1.29 is 19.3 Å². The number of aliphatic hydroxyl groups is 1. The normalized spacial score (nSPS) is 20.8. The highest BCUT2D eigenvalue weighted by Gasteiger charge is 2.44. The number of aliphatic hydroxyl groups excluding tert-OH is 1. The molecule has 3 atom stereocenters. The maximum Gasteiger partial charge on any atom is 0.111 e. The van der Waals surface area contributed by atoms with Crippen LogP contribution in [0.2, 0.25) is 0 Å². The molecule has 0 radical (unpaired) electrons. The Morgan fingerprint density at radius 3 is 2.40 bits per heavy atom. The van der Waals surface area contributed by atoms with E-state index in [1.165, 1.54) is 6.42 Å². The van der Waals surface area contributed by atoms with Crippen LogP contribution in [0.25, 0.3) is 0 Å². The average molecular weight is 387 g/mol. The molecule has 1 aliphatic rings. The van der Waals surface area contributed by atoms with Gasteiger partial charge in [-0.1, -0.05) is 30.3 Å². The number of hydrogen-bond donors (Lipinski definition) is 1. The van der Waals surface area contributed by atoms with Crippen LogP contribution in [0.1, 0.15) is 25.3 Å². The summed E-state index contributed by atoms with van der Waals surface area (Å²) in [6.45, 7) is 3.24. The van der Waals surface area contributed by atoms with E-state index in [9.17, 15) is 5.11 Å². The van der Waals surface area contributed by atoms with E-state index in [1.807, 2.05) is 53.9 Å². The van der Waals surface area contributed by atoms with Crippen LogP contribution in [0.15, 0.2) is 30.3 Å². The molecule has 0 bridgehead atoms. The van der Waals surface area contributed by atoms with Crippen LogP contribution in [-0.2, 0) is 20.8 Å². The van der Waals surface area contributed by atoms with Gasteiger partial charge in [0.05, 0.1) is 16.8 Å². The van der Waals surface area contributed by atoms with Gasteiger partial charge in [-0.25, -0.2) is 0 Å². The lowest BCUT2D eigenvalue weighted by atomic mass is 10.0. The zero-order valence-corrected chi connectivity index (χ0v) is 17.0. The lowest BCUT2D eigenvalue weighted by molar-refractivity contribution is -0.104. The Kier molecular flexibility index (Phi) is 9.10. The Labute approximate surface area is 160 Å². The molecule has 0 saturated carbocycles. The molecule has 0 aliphatic carbocycles. The fraction of sp³-hybridized carbons (Fsp3) is 0.684. The van der Waals surface area contributed by atoms with Crippen molar-refractivity contribution in [2.75, 3.05) is 32.3 Å². The summed E-state index contributed by atoms with van der Waals surface area (Å²) < 4.78 is 17.0. The third-order valence-electron chi connectivity index (χ3n) is 4.46. The van der Waals surface area contributed by atoms with Crippen LogP contribution in [0, 0.1) is 0 Å². The highest BCUT2D eigenvalue weighted by Crippen LogP contribution is 2.47. The van der Waals surface area contributed by atoms with Gasteiger partial charge in [-0.3, -0.25) is 0 Å². The van der Waals surface area contributed by atoms with Gasteiger partial charge in [-0.05, 0) is 36.8 Å². The molecule has 1 N–H and O–H groups in total. The molecule has 142 valence electrons.